The van der Waals surface area contributed by atoms with Crippen molar-refractivity contribution in [3.63, 3.8) is 0 Å². The van der Waals surface area contributed by atoms with Gasteiger partial charge in [-0.05, 0) is 54.9 Å². The Kier molecular flexibility index (Phi) is 4.54. The predicted molar refractivity (Wildman–Crippen MR) is 88.2 cm³/mol. The number of hydrogen-bond acceptors (Lipinski definition) is 1. The minimum absolute atomic E-state index is 0.372. The molecule has 2 unspecified atom stereocenters. The summed E-state index contributed by atoms with van der Waals surface area (Å²) < 4.78 is 0. The Morgan fingerprint density at radius 3 is 2.52 bits per heavy atom. The van der Waals surface area contributed by atoms with Crippen LogP contribution in [0.2, 0.25) is 10.0 Å². The zero-order valence-corrected chi connectivity index (χ0v) is 13.2. The molecule has 0 heterocycles. The van der Waals surface area contributed by atoms with Gasteiger partial charge in [0, 0.05) is 15.6 Å². The molecule has 0 bridgehead atoms. The lowest BCUT2D eigenvalue weighted by molar-refractivity contribution is 0.154. The smallest absolute Gasteiger partial charge is 0.0824 e. The standard InChI is InChI=1S/C18H18Cl2O/c19-15-9-4-10-16(20)18(15)17(21)11-13-7-3-6-12-5-1-2-8-14(12)13/h1-2,4-5,8-10,13,17,21H,3,6-7,11H2. The van der Waals surface area contributed by atoms with Gasteiger partial charge in [0.05, 0.1) is 6.10 Å². The first-order valence-corrected chi connectivity index (χ1v) is 8.12. The Bertz CT molecular complexity index is 619. The van der Waals surface area contributed by atoms with Gasteiger partial charge in [-0.3, -0.25) is 0 Å². The van der Waals surface area contributed by atoms with E-state index in [-0.39, 0.29) is 0 Å². The van der Waals surface area contributed by atoms with Gasteiger partial charge in [-0.1, -0.05) is 53.5 Å². The van der Waals surface area contributed by atoms with E-state index in [0.29, 0.717) is 27.9 Å². The summed E-state index contributed by atoms with van der Waals surface area (Å²) in [6, 6.07) is 13.9. The Morgan fingerprint density at radius 1 is 1.05 bits per heavy atom. The number of benzene rings is 2. The van der Waals surface area contributed by atoms with Crippen molar-refractivity contribution in [3.8, 4) is 0 Å². The minimum Gasteiger partial charge on any atom is -0.388 e. The number of aliphatic hydroxyl groups excluding tert-OH is 1. The van der Waals surface area contributed by atoms with Gasteiger partial charge in [-0.25, -0.2) is 0 Å². The maximum Gasteiger partial charge on any atom is 0.0824 e. The van der Waals surface area contributed by atoms with Crippen LogP contribution in [0.15, 0.2) is 42.5 Å². The van der Waals surface area contributed by atoms with Crippen molar-refractivity contribution in [1.82, 2.24) is 0 Å². The average Bonchev–Trinajstić information content (AvgIpc) is 2.47. The molecule has 0 aromatic heterocycles. The molecule has 0 spiro atoms. The van der Waals surface area contributed by atoms with Crippen molar-refractivity contribution in [3.05, 3.63) is 69.2 Å². The van der Waals surface area contributed by atoms with Crippen LogP contribution in [0.25, 0.3) is 0 Å². The summed E-state index contributed by atoms with van der Waals surface area (Å²) in [5.74, 6) is 0.372. The highest BCUT2D eigenvalue weighted by atomic mass is 35.5. The van der Waals surface area contributed by atoms with Gasteiger partial charge in [0.1, 0.15) is 0 Å². The summed E-state index contributed by atoms with van der Waals surface area (Å²) in [6.07, 6.45) is 3.46. The van der Waals surface area contributed by atoms with Crippen molar-refractivity contribution >= 4 is 23.2 Å². The van der Waals surface area contributed by atoms with Crippen molar-refractivity contribution in [2.75, 3.05) is 0 Å². The molecule has 0 amide bonds. The van der Waals surface area contributed by atoms with Crippen molar-refractivity contribution in [2.24, 2.45) is 0 Å². The second-order valence-electron chi connectivity index (χ2n) is 5.67. The molecule has 1 aliphatic rings. The fourth-order valence-electron chi connectivity index (χ4n) is 3.32. The fourth-order valence-corrected chi connectivity index (χ4v) is 3.97. The van der Waals surface area contributed by atoms with E-state index in [1.54, 1.807) is 18.2 Å². The van der Waals surface area contributed by atoms with Crippen LogP contribution in [-0.4, -0.2) is 5.11 Å². The van der Waals surface area contributed by atoms with E-state index in [2.05, 4.69) is 24.3 Å². The van der Waals surface area contributed by atoms with Gasteiger partial charge in [0.2, 0.25) is 0 Å². The molecule has 3 heteroatoms. The lowest BCUT2D eigenvalue weighted by Gasteiger charge is -2.28. The summed E-state index contributed by atoms with van der Waals surface area (Å²) in [5.41, 5.74) is 3.43. The molecule has 1 aliphatic carbocycles. The lowest BCUT2D eigenvalue weighted by Crippen LogP contribution is -2.13. The molecule has 0 aliphatic heterocycles. The van der Waals surface area contributed by atoms with Crippen molar-refractivity contribution in [2.45, 2.75) is 37.7 Å². The largest absolute Gasteiger partial charge is 0.388 e. The maximum atomic E-state index is 10.6. The highest BCUT2D eigenvalue weighted by Gasteiger charge is 2.25. The monoisotopic (exact) mass is 320 g/mol. The fraction of sp³-hybridized carbons (Fsp3) is 0.333. The molecule has 2 aromatic carbocycles. The molecule has 3 rings (SSSR count). The summed E-state index contributed by atoms with van der Waals surface area (Å²) in [4.78, 5) is 0. The molecular formula is C18H18Cl2O. The average molecular weight is 321 g/mol. The van der Waals surface area contributed by atoms with Crippen LogP contribution < -0.4 is 0 Å². The van der Waals surface area contributed by atoms with Crippen LogP contribution in [0, 0.1) is 0 Å². The Morgan fingerprint density at radius 2 is 1.76 bits per heavy atom. The van der Waals surface area contributed by atoms with Gasteiger partial charge in [-0.15, -0.1) is 0 Å². The van der Waals surface area contributed by atoms with Crippen LogP contribution in [0.5, 0.6) is 0 Å². The minimum atomic E-state index is -0.623. The van der Waals surface area contributed by atoms with Crippen LogP contribution in [0.3, 0.4) is 0 Å². The third kappa shape index (κ3) is 3.11. The number of aryl methyl sites for hydroxylation is 1. The third-order valence-corrected chi connectivity index (χ3v) is 4.99. The first kappa shape index (κ1) is 14.9. The van der Waals surface area contributed by atoms with Gasteiger partial charge in [-0.2, -0.15) is 0 Å². The van der Waals surface area contributed by atoms with E-state index in [1.807, 2.05) is 0 Å². The highest BCUT2D eigenvalue weighted by molar-refractivity contribution is 6.36. The molecule has 0 saturated heterocycles. The van der Waals surface area contributed by atoms with Gasteiger partial charge in [0.15, 0.2) is 0 Å². The van der Waals surface area contributed by atoms with Gasteiger partial charge >= 0.3 is 0 Å². The van der Waals surface area contributed by atoms with Crippen molar-refractivity contribution < 1.29 is 5.11 Å². The number of aliphatic hydroxyl groups is 1. The first-order chi connectivity index (χ1) is 10.2. The quantitative estimate of drug-likeness (QED) is 0.787. The molecule has 2 atom stereocenters. The summed E-state index contributed by atoms with van der Waals surface area (Å²) in [7, 11) is 0. The zero-order chi connectivity index (χ0) is 14.8. The van der Waals surface area contributed by atoms with Gasteiger partial charge < -0.3 is 5.11 Å². The number of hydrogen-bond donors (Lipinski definition) is 1. The predicted octanol–water partition coefficient (Wildman–Crippen LogP) is 5.54. The maximum absolute atomic E-state index is 10.6. The molecule has 0 radical (unpaired) electrons. The number of halogens is 2. The SMILES string of the molecule is OC(CC1CCCc2ccccc21)c1c(Cl)cccc1Cl. The Labute approximate surface area is 135 Å². The van der Waals surface area contributed by atoms with E-state index >= 15 is 0 Å². The van der Waals surface area contributed by atoms with Crippen molar-refractivity contribution in [1.29, 1.82) is 0 Å². The van der Waals surface area contributed by atoms with Crippen LogP contribution in [0.1, 0.15) is 48.0 Å². The number of fused-ring (bicyclic) bond motifs is 1. The molecule has 1 nitrogen and oxygen atoms in total. The molecule has 1 N–H and O–H groups in total. The molecule has 110 valence electrons. The van der Waals surface area contributed by atoms with E-state index in [4.69, 9.17) is 23.2 Å². The summed E-state index contributed by atoms with van der Waals surface area (Å²) >= 11 is 12.4. The van der Waals surface area contributed by atoms with E-state index in [0.717, 1.165) is 12.8 Å². The molecule has 21 heavy (non-hydrogen) atoms. The first-order valence-electron chi connectivity index (χ1n) is 7.36. The second-order valence-corrected chi connectivity index (χ2v) is 6.49. The second kappa shape index (κ2) is 6.39. The lowest BCUT2D eigenvalue weighted by atomic mass is 9.79. The van der Waals surface area contributed by atoms with E-state index < -0.39 is 6.10 Å². The third-order valence-electron chi connectivity index (χ3n) is 4.33. The molecule has 0 fully saturated rings. The highest BCUT2D eigenvalue weighted by Crippen LogP contribution is 2.40. The zero-order valence-electron chi connectivity index (χ0n) is 11.7. The van der Waals surface area contributed by atoms with Crippen LogP contribution in [0.4, 0.5) is 0 Å². The van der Waals surface area contributed by atoms with Crippen LogP contribution >= 0.6 is 23.2 Å². The normalized spacial score (nSPS) is 19.1. The molecule has 2 aromatic rings. The number of rotatable bonds is 3. The Hall–Kier alpha value is -1.02. The topological polar surface area (TPSA) is 20.2 Å². The van der Waals surface area contributed by atoms with Crippen LogP contribution in [-0.2, 0) is 6.42 Å². The van der Waals surface area contributed by atoms with Gasteiger partial charge in [0.25, 0.3) is 0 Å². The van der Waals surface area contributed by atoms with E-state index in [9.17, 15) is 5.11 Å². The summed E-state index contributed by atoms with van der Waals surface area (Å²) in [6.45, 7) is 0. The Balaban J connectivity index is 1.85. The van der Waals surface area contributed by atoms with E-state index in [1.165, 1.54) is 17.5 Å². The molecular weight excluding hydrogens is 303 g/mol. The summed E-state index contributed by atoms with van der Waals surface area (Å²) in [5, 5.41) is 11.7. The molecule has 0 saturated carbocycles.